The summed E-state index contributed by atoms with van der Waals surface area (Å²) < 4.78 is 42.0. The Balaban J connectivity index is 1.26. The molecule has 5 heterocycles. The number of carbonyl (C=O) groups excluding carboxylic acids is 1. The molecule has 2 atom stereocenters. The van der Waals surface area contributed by atoms with Crippen molar-refractivity contribution in [3.63, 3.8) is 0 Å². The molecular weight excluding hydrogens is 623 g/mol. The molecule has 0 unspecified atom stereocenters. The number of rotatable bonds is 6. The van der Waals surface area contributed by atoms with Crippen LogP contribution in [0.3, 0.4) is 0 Å². The largest absolute Gasteiger partial charge is 0.333 e. The average Bonchev–Trinajstić information content (AvgIpc) is 3.85. The number of thiazole rings is 1. The molecule has 8 nitrogen and oxygen atoms in total. The lowest BCUT2D eigenvalue weighted by Gasteiger charge is -2.32. The Hall–Kier alpha value is -4.60. The van der Waals surface area contributed by atoms with E-state index in [-0.39, 0.29) is 17.1 Å². The summed E-state index contributed by atoms with van der Waals surface area (Å²) in [6, 6.07) is 14.0. The highest BCUT2D eigenvalue weighted by molar-refractivity contribution is 7.11. The number of nitrogens with zero attached hydrogens (tertiary/aromatic N) is 7. The molecule has 2 fully saturated rings. The van der Waals surface area contributed by atoms with Crippen LogP contribution in [0.2, 0.25) is 5.02 Å². The van der Waals surface area contributed by atoms with Crippen LogP contribution >= 0.6 is 22.9 Å². The van der Waals surface area contributed by atoms with Crippen molar-refractivity contribution in [1.29, 1.82) is 0 Å². The Morgan fingerprint density at radius 1 is 1.11 bits per heavy atom. The summed E-state index contributed by atoms with van der Waals surface area (Å²) in [5.74, 6) is 6.28. The Kier molecular flexibility index (Phi) is 7.81. The minimum Gasteiger partial charge on any atom is -0.325 e. The van der Waals surface area contributed by atoms with Crippen molar-refractivity contribution in [2.45, 2.75) is 25.1 Å². The first-order valence-corrected chi connectivity index (χ1v) is 15.5. The summed E-state index contributed by atoms with van der Waals surface area (Å²) in [7, 11) is 0. The van der Waals surface area contributed by atoms with Crippen molar-refractivity contribution in [1.82, 2.24) is 29.5 Å². The van der Waals surface area contributed by atoms with Crippen LogP contribution in [-0.4, -0.2) is 73.6 Å². The van der Waals surface area contributed by atoms with E-state index in [0.29, 0.717) is 65.0 Å². The summed E-state index contributed by atoms with van der Waals surface area (Å²) >= 11 is 7.97. The first-order valence-electron chi connectivity index (χ1n) is 14.2. The Labute approximate surface area is 266 Å². The van der Waals surface area contributed by atoms with Crippen LogP contribution in [-0.2, 0) is 0 Å². The van der Waals surface area contributed by atoms with E-state index in [4.69, 9.17) is 16.6 Å². The third-order valence-corrected chi connectivity index (χ3v) is 9.15. The fraction of sp³-hybridized carbons (Fsp3) is 0.250. The first kappa shape index (κ1) is 29.1. The third kappa shape index (κ3) is 5.58. The summed E-state index contributed by atoms with van der Waals surface area (Å²) in [5.41, 5.74) is 3.04. The van der Waals surface area contributed by atoms with Gasteiger partial charge in [0, 0.05) is 71.2 Å². The van der Waals surface area contributed by atoms with Crippen molar-refractivity contribution in [2.75, 3.05) is 26.2 Å². The number of hydrogen-bond donors (Lipinski definition) is 0. The fourth-order valence-electron chi connectivity index (χ4n) is 5.99. The summed E-state index contributed by atoms with van der Waals surface area (Å²) in [6.07, 6.45) is 3.31. The number of alkyl halides is 2. The Morgan fingerprint density at radius 2 is 1.96 bits per heavy atom. The van der Waals surface area contributed by atoms with E-state index < -0.39 is 18.4 Å². The molecule has 228 valence electrons. The zero-order chi connectivity index (χ0) is 31.1. The number of benzene rings is 2. The molecule has 0 spiro atoms. The molecule has 0 radical (unpaired) electrons. The number of aliphatic imine (C=N–C) groups is 1. The molecular formula is C32H25ClF3N7OS. The van der Waals surface area contributed by atoms with Gasteiger partial charge in [-0.1, -0.05) is 47.7 Å². The van der Waals surface area contributed by atoms with Crippen molar-refractivity contribution < 1.29 is 18.0 Å². The van der Waals surface area contributed by atoms with E-state index >= 15 is 0 Å². The zero-order valence-electron chi connectivity index (χ0n) is 23.7. The van der Waals surface area contributed by atoms with E-state index in [1.807, 2.05) is 45.5 Å². The standard InChI is InChI=1S/C32H25ClF3N7OS/c33-24-17-21(34)8-9-23(24)28-27(25-10-13-43(39-25)31(35)36)26-18-22(19-42(26)29(38-28)30-37-11-16-45-30)41-15-14-40(32(41)44)12-4-7-20-5-2-1-3-6-20/h1-3,5-6,8-11,13,16-17,22,28,31H,12,14-15,18-19H2/t22-,28-/m0/s1. The molecule has 3 aliphatic rings. The van der Waals surface area contributed by atoms with Gasteiger partial charge in [-0.2, -0.15) is 13.9 Å². The fourth-order valence-corrected chi connectivity index (χ4v) is 6.90. The van der Waals surface area contributed by atoms with Gasteiger partial charge >= 0.3 is 12.6 Å². The van der Waals surface area contributed by atoms with E-state index in [1.165, 1.54) is 35.7 Å². The lowest BCUT2D eigenvalue weighted by atomic mass is 9.92. The smallest absolute Gasteiger partial charge is 0.325 e. The van der Waals surface area contributed by atoms with Crippen molar-refractivity contribution in [3.8, 4) is 11.8 Å². The van der Waals surface area contributed by atoms with Gasteiger partial charge in [0.25, 0.3) is 0 Å². The molecule has 0 saturated carbocycles. The SMILES string of the molecule is O=C1N(CC#Cc2ccccc2)CCN1[C@H]1CC2=C(c3ccn(C(F)F)n3)[C@H](c3ccc(F)cc3Cl)N=C(c3nccs3)N2C1. The summed E-state index contributed by atoms with van der Waals surface area (Å²) in [5, 5.41) is 6.84. The maximum atomic E-state index is 14.1. The van der Waals surface area contributed by atoms with Crippen molar-refractivity contribution in [2.24, 2.45) is 4.99 Å². The van der Waals surface area contributed by atoms with Gasteiger partial charge in [0.2, 0.25) is 0 Å². The monoisotopic (exact) mass is 647 g/mol. The van der Waals surface area contributed by atoms with Gasteiger partial charge in [-0.15, -0.1) is 11.3 Å². The third-order valence-electron chi connectivity index (χ3n) is 8.05. The second kappa shape index (κ2) is 12.1. The van der Waals surface area contributed by atoms with E-state index in [1.54, 1.807) is 17.2 Å². The van der Waals surface area contributed by atoms with Crippen LogP contribution in [0.5, 0.6) is 0 Å². The number of carbonyl (C=O) groups is 1. The van der Waals surface area contributed by atoms with Gasteiger partial charge in [-0.3, -0.25) is 4.99 Å². The maximum Gasteiger partial charge on any atom is 0.333 e. The highest BCUT2D eigenvalue weighted by Gasteiger charge is 2.45. The van der Waals surface area contributed by atoms with Crippen LogP contribution in [0.4, 0.5) is 18.0 Å². The van der Waals surface area contributed by atoms with Crippen LogP contribution in [0.25, 0.3) is 5.57 Å². The number of amidine groups is 1. The average molecular weight is 648 g/mol. The van der Waals surface area contributed by atoms with Gasteiger partial charge in [-0.05, 0) is 30.3 Å². The molecule has 4 aromatic rings. The van der Waals surface area contributed by atoms with E-state index in [9.17, 15) is 18.0 Å². The van der Waals surface area contributed by atoms with Crippen LogP contribution in [0, 0.1) is 17.7 Å². The quantitative estimate of drug-likeness (QED) is 0.230. The van der Waals surface area contributed by atoms with Gasteiger partial charge in [0.15, 0.2) is 10.8 Å². The number of amides is 2. The zero-order valence-corrected chi connectivity index (χ0v) is 25.2. The Bertz CT molecular complexity index is 1870. The molecule has 0 N–H and O–H groups in total. The van der Waals surface area contributed by atoms with Crippen LogP contribution in [0.1, 0.15) is 40.8 Å². The molecule has 2 aromatic carbocycles. The molecule has 7 rings (SSSR count). The first-order chi connectivity index (χ1) is 21.9. The number of fused-ring (bicyclic) bond motifs is 1. The molecule has 13 heteroatoms. The normalized spacial score (nSPS) is 19.7. The predicted molar refractivity (Wildman–Crippen MR) is 165 cm³/mol. The Morgan fingerprint density at radius 3 is 2.69 bits per heavy atom. The number of urea groups is 1. The highest BCUT2D eigenvalue weighted by atomic mass is 35.5. The topological polar surface area (TPSA) is 69.9 Å². The summed E-state index contributed by atoms with van der Waals surface area (Å²) in [4.78, 5) is 28.7. The minimum absolute atomic E-state index is 0.114. The molecule has 3 aliphatic heterocycles. The number of aromatic nitrogens is 3. The van der Waals surface area contributed by atoms with Gasteiger partial charge in [0.05, 0.1) is 18.3 Å². The lowest BCUT2D eigenvalue weighted by molar-refractivity contribution is 0.0564. The second-order valence-corrected chi connectivity index (χ2v) is 12.0. The van der Waals surface area contributed by atoms with Crippen LogP contribution in [0.15, 0.2) is 83.1 Å². The molecule has 0 aliphatic carbocycles. The maximum absolute atomic E-state index is 14.1. The van der Waals surface area contributed by atoms with Gasteiger partial charge in [-0.25, -0.2) is 18.9 Å². The molecule has 0 bridgehead atoms. The molecule has 2 saturated heterocycles. The number of hydrogen-bond acceptors (Lipinski definition) is 6. The van der Waals surface area contributed by atoms with Gasteiger partial charge in [0.1, 0.15) is 11.9 Å². The minimum atomic E-state index is -2.83. The van der Waals surface area contributed by atoms with Gasteiger partial charge < -0.3 is 14.7 Å². The summed E-state index contributed by atoms with van der Waals surface area (Å²) in [6.45, 7) is -1.06. The van der Waals surface area contributed by atoms with E-state index in [2.05, 4.69) is 21.9 Å². The second-order valence-electron chi connectivity index (χ2n) is 10.7. The molecule has 2 aromatic heterocycles. The van der Waals surface area contributed by atoms with E-state index in [0.717, 1.165) is 11.3 Å². The lowest BCUT2D eigenvalue weighted by Crippen LogP contribution is -2.42. The molecule has 45 heavy (non-hydrogen) atoms. The van der Waals surface area contributed by atoms with Crippen molar-refractivity contribution >= 4 is 40.4 Å². The predicted octanol–water partition coefficient (Wildman–Crippen LogP) is 6.30. The molecule has 2 amide bonds. The number of halogens is 4. The highest BCUT2D eigenvalue weighted by Crippen LogP contribution is 2.47. The van der Waals surface area contributed by atoms with Crippen molar-refractivity contribution in [3.05, 3.63) is 111 Å². The van der Waals surface area contributed by atoms with Crippen LogP contribution < -0.4 is 0 Å².